The normalized spacial score (nSPS) is 14.8. The SMILES string of the molecule is CC/C=C\C/C=C\C/C=C\C/C=C\C/C=C\CC(=O)OCC(COP(=O)(O)OCC(O)COP(=O)(O)OCC(COC(=O)CCCCCCCC/C=C\C/C=C\C/C=C\CCCCC)OC(=O)CCCCCCC/C=C\C/C=C\CCCCC)OC(=O)CCCC/C=C\C/C=C\C/C=C\C/C=C\CC. The van der Waals surface area contributed by atoms with Gasteiger partial charge in [-0.3, -0.25) is 37.3 Å². The summed E-state index contributed by atoms with van der Waals surface area (Å²) in [5.41, 5.74) is 0. The number of hydrogen-bond donors (Lipinski definition) is 3. The monoisotopic (exact) mass is 1490 g/mol. The molecule has 0 spiro atoms. The van der Waals surface area contributed by atoms with Crippen molar-refractivity contribution in [3.63, 3.8) is 0 Å². The van der Waals surface area contributed by atoms with Gasteiger partial charge in [0.1, 0.15) is 19.3 Å². The summed E-state index contributed by atoms with van der Waals surface area (Å²) in [6.45, 7) is 4.38. The average Bonchev–Trinajstić information content (AvgIpc) is 0.912. The Hall–Kier alpha value is -5.58. The minimum atomic E-state index is -5.02. The van der Waals surface area contributed by atoms with Crippen molar-refractivity contribution >= 4 is 39.5 Å². The van der Waals surface area contributed by atoms with Crippen LogP contribution in [0.1, 0.15) is 285 Å². The minimum Gasteiger partial charge on any atom is -0.462 e. The van der Waals surface area contributed by atoms with Gasteiger partial charge in [0.25, 0.3) is 0 Å². The molecule has 19 heteroatoms. The molecule has 3 N–H and O–H groups in total. The fourth-order valence-corrected chi connectivity index (χ4v) is 11.3. The Bertz CT molecular complexity index is 2640. The molecule has 0 heterocycles. The molecule has 0 amide bonds. The number of carbonyl (C=O) groups excluding carboxylic acids is 4. The van der Waals surface area contributed by atoms with Crippen LogP contribution in [-0.4, -0.2) is 96.7 Å². The van der Waals surface area contributed by atoms with Crippen molar-refractivity contribution in [3.8, 4) is 0 Å². The number of phosphoric ester groups is 2. The molecule has 0 saturated heterocycles. The van der Waals surface area contributed by atoms with Crippen molar-refractivity contribution in [2.45, 2.75) is 303 Å². The molecule has 0 aliphatic heterocycles. The smallest absolute Gasteiger partial charge is 0.462 e. The summed E-state index contributed by atoms with van der Waals surface area (Å²) in [5.74, 6) is -2.41. The summed E-state index contributed by atoms with van der Waals surface area (Å²) in [6, 6.07) is 0. The number of unbranched alkanes of at least 4 members (excludes halogenated alkanes) is 19. The van der Waals surface area contributed by atoms with E-state index in [1.807, 2.05) is 24.3 Å². The lowest BCUT2D eigenvalue weighted by molar-refractivity contribution is -0.161. The Morgan fingerprint density at radius 1 is 0.288 bits per heavy atom. The molecule has 17 nitrogen and oxygen atoms in total. The van der Waals surface area contributed by atoms with E-state index in [1.165, 1.54) is 38.5 Å². The van der Waals surface area contributed by atoms with Gasteiger partial charge in [-0.05, 0) is 161 Å². The minimum absolute atomic E-state index is 0.0166. The summed E-state index contributed by atoms with van der Waals surface area (Å²) in [5, 5.41) is 10.6. The number of aliphatic hydroxyl groups excluding tert-OH is 1. The summed E-state index contributed by atoms with van der Waals surface area (Å²) >= 11 is 0. The predicted molar refractivity (Wildman–Crippen MR) is 426 cm³/mol. The Labute approximate surface area is 629 Å². The summed E-state index contributed by atoms with van der Waals surface area (Å²) in [7, 11) is -10.0. The van der Waals surface area contributed by atoms with Crippen LogP contribution in [0.5, 0.6) is 0 Å². The van der Waals surface area contributed by atoms with Gasteiger partial charge in [0.15, 0.2) is 12.2 Å². The lowest BCUT2D eigenvalue weighted by Gasteiger charge is -2.21. The number of phosphoric acid groups is 2. The average molecular weight is 1490 g/mol. The van der Waals surface area contributed by atoms with Crippen LogP contribution in [-0.2, 0) is 65.4 Å². The molecule has 5 atom stereocenters. The summed E-state index contributed by atoms with van der Waals surface area (Å²) < 4.78 is 68.4. The van der Waals surface area contributed by atoms with E-state index in [0.29, 0.717) is 32.1 Å². The van der Waals surface area contributed by atoms with E-state index in [4.69, 9.17) is 37.0 Å². The van der Waals surface area contributed by atoms with Crippen LogP contribution in [0.4, 0.5) is 0 Å². The number of ether oxygens (including phenoxy) is 4. The maximum atomic E-state index is 13.1. The maximum absolute atomic E-state index is 13.1. The predicted octanol–water partition coefficient (Wildman–Crippen LogP) is 23.0. The molecule has 590 valence electrons. The van der Waals surface area contributed by atoms with Crippen molar-refractivity contribution < 1.29 is 80.2 Å². The molecule has 0 saturated carbocycles. The number of esters is 4. The van der Waals surface area contributed by atoms with Crippen LogP contribution < -0.4 is 0 Å². The molecule has 0 fully saturated rings. The Morgan fingerprint density at radius 3 is 0.875 bits per heavy atom. The maximum Gasteiger partial charge on any atom is 0.472 e. The van der Waals surface area contributed by atoms with Gasteiger partial charge < -0.3 is 33.8 Å². The third-order valence-electron chi connectivity index (χ3n) is 15.7. The highest BCUT2D eigenvalue weighted by atomic mass is 31.2. The zero-order valence-corrected chi connectivity index (χ0v) is 66.2. The van der Waals surface area contributed by atoms with Crippen LogP contribution >= 0.6 is 15.6 Å². The van der Waals surface area contributed by atoms with Crippen LogP contribution in [0.3, 0.4) is 0 Å². The van der Waals surface area contributed by atoms with Crippen LogP contribution in [0.2, 0.25) is 0 Å². The van der Waals surface area contributed by atoms with Gasteiger partial charge in [0.2, 0.25) is 0 Å². The van der Waals surface area contributed by atoms with Crippen LogP contribution in [0, 0.1) is 0 Å². The van der Waals surface area contributed by atoms with Gasteiger partial charge in [-0.25, -0.2) is 9.13 Å². The van der Waals surface area contributed by atoms with Gasteiger partial charge in [0, 0.05) is 19.3 Å². The van der Waals surface area contributed by atoms with Gasteiger partial charge in [-0.1, -0.05) is 268 Å². The molecular weight excluding hydrogens is 1350 g/mol. The van der Waals surface area contributed by atoms with Gasteiger partial charge >= 0.3 is 39.5 Å². The molecule has 104 heavy (non-hydrogen) atoms. The highest BCUT2D eigenvalue weighted by molar-refractivity contribution is 7.47. The topological polar surface area (TPSA) is 237 Å². The summed E-state index contributed by atoms with van der Waals surface area (Å²) in [6.07, 6.45) is 89.4. The first-order valence-corrected chi connectivity index (χ1v) is 42.4. The highest BCUT2D eigenvalue weighted by Gasteiger charge is 2.30. The van der Waals surface area contributed by atoms with E-state index in [0.717, 1.165) is 161 Å². The Morgan fingerprint density at radius 2 is 0.538 bits per heavy atom. The second kappa shape index (κ2) is 75.6. The molecule has 0 bridgehead atoms. The number of aliphatic hydroxyl groups is 1. The molecule has 5 unspecified atom stereocenters. The molecular formula is C85H138O17P2. The molecule has 0 aliphatic rings. The number of rotatable bonds is 72. The van der Waals surface area contributed by atoms with Crippen molar-refractivity contribution in [1.29, 1.82) is 0 Å². The number of carbonyl (C=O) groups is 4. The van der Waals surface area contributed by atoms with Gasteiger partial charge in [0.05, 0.1) is 32.8 Å². The molecule has 0 rings (SSSR count). The largest absolute Gasteiger partial charge is 0.472 e. The van der Waals surface area contributed by atoms with Crippen molar-refractivity contribution in [1.82, 2.24) is 0 Å². The van der Waals surface area contributed by atoms with E-state index < -0.39 is 97.5 Å². The molecule has 0 aromatic carbocycles. The lowest BCUT2D eigenvalue weighted by Crippen LogP contribution is -2.30. The zero-order chi connectivity index (χ0) is 76.0. The highest BCUT2D eigenvalue weighted by Crippen LogP contribution is 2.45. The van der Waals surface area contributed by atoms with E-state index in [9.17, 15) is 43.2 Å². The third kappa shape index (κ3) is 74.7. The fraction of sp³-hybridized carbons (Fsp3) is 0.624. The number of hydrogen-bond acceptors (Lipinski definition) is 15. The van der Waals surface area contributed by atoms with Crippen LogP contribution in [0.15, 0.2) is 170 Å². The van der Waals surface area contributed by atoms with E-state index in [1.54, 1.807) is 6.08 Å². The fourth-order valence-electron chi connectivity index (χ4n) is 9.73. The lowest BCUT2D eigenvalue weighted by atomic mass is 10.1. The first kappa shape index (κ1) is 98.4. The van der Waals surface area contributed by atoms with Gasteiger partial charge in [-0.15, -0.1) is 0 Å². The number of allylic oxidation sites excluding steroid dienone is 27. The zero-order valence-electron chi connectivity index (χ0n) is 64.4. The van der Waals surface area contributed by atoms with E-state index in [2.05, 4.69) is 167 Å². The third-order valence-corrected chi connectivity index (χ3v) is 17.6. The van der Waals surface area contributed by atoms with E-state index >= 15 is 0 Å². The molecule has 0 radical (unpaired) electrons. The Balaban J connectivity index is 5.49. The Kier molecular flexibility index (Phi) is 71.6. The van der Waals surface area contributed by atoms with E-state index in [-0.39, 0.29) is 25.7 Å². The first-order chi connectivity index (χ1) is 50.7. The van der Waals surface area contributed by atoms with Crippen LogP contribution in [0.25, 0.3) is 0 Å². The summed E-state index contributed by atoms with van der Waals surface area (Å²) in [4.78, 5) is 72.9. The molecule has 0 aromatic heterocycles. The second-order valence-electron chi connectivity index (χ2n) is 25.5. The van der Waals surface area contributed by atoms with Crippen molar-refractivity contribution in [2.24, 2.45) is 0 Å². The molecule has 0 aliphatic carbocycles. The quantitative estimate of drug-likeness (QED) is 0.0169. The standard InChI is InChI=1S/C85H138O17P2/c1-5-9-13-17-21-25-29-33-37-38-39-40-44-46-50-54-58-62-66-70-83(88)96-76-81(102-85(90)72-68-64-60-56-52-48-43-36-32-28-24-20-16-12-8-4)78-100-104(93,94)98-74-79(86)73-97-103(91,92)99-77-80(101-84(89)71-67-63-59-55-51-47-42-35-31-27-23-19-15-11-7-3)75-95-82(87)69-65-61-57-53-49-45-41-34-30-26-22-18-14-10-6-2/h10-11,14-15,21-28,33-37,39-43,49,51,53,55,61,65,79-81,86H,5-9,12-13,16-20,29-32,38,44-48,50,52,54,56-60,62-64,66-78H2,1-4H3,(H,91,92)(H,93,94)/b14-10-,15-11-,25-21-,26-22-,27-23-,28-24-,37-33-,40-39-,41-34-,42-35-,43-36-,53-49-,55-51-,65-61-. The molecule has 0 aromatic rings. The van der Waals surface area contributed by atoms with Crippen molar-refractivity contribution in [3.05, 3.63) is 170 Å². The first-order valence-electron chi connectivity index (χ1n) is 39.4. The van der Waals surface area contributed by atoms with Crippen molar-refractivity contribution in [2.75, 3.05) is 39.6 Å². The second-order valence-corrected chi connectivity index (χ2v) is 28.5. The van der Waals surface area contributed by atoms with Gasteiger partial charge in [-0.2, -0.15) is 0 Å².